The number of aryl methyl sites for hydroxylation is 2. The van der Waals surface area contributed by atoms with Gasteiger partial charge in [0.1, 0.15) is 0 Å². The average molecular weight is 372 g/mol. The second-order valence-corrected chi connectivity index (χ2v) is 6.73. The monoisotopic (exact) mass is 372 g/mol. The second-order valence-electron chi connectivity index (χ2n) is 6.73. The van der Waals surface area contributed by atoms with Crippen LogP contribution in [0.1, 0.15) is 41.5 Å². The first kappa shape index (κ1) is 19.4. The first-order chi connectivity index (χ1) is 13.7. The highest BCUT2D eigenvalue weighted by molar-refractivity contribution is 5.67. The molecule has 4 heteroatoms. The van der Waals surface area contributed by atoms with Gasteiger partial charge in [-0.15, -0.1) is 0 Å². The number of unbranched alkanes of at least 4 members (excludes halogenated alkanes) is 1. The lowest BCUT2D eigenvalue weighted by atomic mass is 10.00. The number of carbonyl (C=O) groups is 1. The van der Waals surface area contributed by atoms with Crippen molar-refractivity contribution in [2.75, 3.05) is 0 Å². The maximum atomic E-state index is 10.9. The van der Waals surface area contributed by atoms with E-state index in [-0.39, 0.29) is 6.42 Å². The number of benzene rings is 2. The quantitative estimate of drug-likeness (QED) is 0.473. The highest BCUT2D eigenvalue weighted by Crippen LogP contribution is 2.15. The summed E-state index contributed by atoms with van der Waals surface area (Å²) in [6.45, 7) is 0.675. The Hall–Kier alpha value is -3.32. The van der Waals surface area contributed by atoms with Crippen LogP contribution in [0.5, 0.6) is 0 Å². The van der Waals surface area contributed by atoms with Crippen molar-refractivity contribution in [3.63, 3.8) is 0 Å². The van der Waals surface area contributed by atoms with Crippen molar-refractivity contribution < 1.29 is 9.90 Å². The molecule has 0 bridgehead atoms. The summed E-state index contributed by atoms with van der Waals surface area (Å²) in [5.74, 6) is 5.75. The summed E-state index contributed by atoms with van der Waals surface area (Å²) in [4.78, 5) is 10.9. The van der Waals surface area contributed by atoms with Crippen LogP contribution in [0.25, 0.3) is 0 Å². The van der Waals surface area contributed by atoms with Crippen LogP contribution in [0.2, 0.25) is 0 Å². The van der Waals surface area contributed by atoms with Gasteiger partial charge in [0.25, 0.3) is 0 Å². The van der Waals surface area contributed by atoms with Crippen molar-refractivity contribution in [2.45, 2.75) is 38.6 Å². The number of carboxylic acid groups (broad SMARTS) is 1. The van der Waals surface area contributed by atoms with Crippen LogP contribution in [0.15, 0.2) is 67.0 Å². The Morgan fingerprint density at radius 2 is 1.89 bits per heavy atom. The Morgan fingerprint density at radius 1 is 1.04 bits per heavy atom. The summed E-state index contributed by atoms with van der Waals surface area (Å²) in [7, 11) is 0. The van der Waals surface area contributed by atoms with Crippen LogP contribution in [0.3, 0.4) is 0 Å². The Bertz CT molecular complexity index is 951. The largest absolute Gasteiger partial charge is 0.481 e. The first-order valence-corrected chi connectivity index (χ1v) is 9.54. The molecule has 1 heterocycles. The van der Waals surface area contributed by atoms with E-state index < -0.39 is 5.97 Å². The smallest absolute Gasteiger partial charge is 0.303 e. The minimum Gasteiger partial charge on any atom is -0.481 e. The molecule has 0 aliphatic rings. The summed E-state index contributed by atoms with van der Waals surface area (Å²) in [5, 5.41) is 13.2. The third-order valence-electron chi connectivity index (χ3n) is 4.52. The van der Waals surface area contributed by atoms with Crippen LogP contribution in [0, 0.1) is 11.8 Å². The Morgan fingerprint density at radius 3 is 2.64 bits per heavy atom. The number of hydrogen-bond acceptors (Lipinski definition) is 2. The Kier molecular flexibility index (Phi) is 7.03. The van der Waals surface area contributed by atoms with E-state index in [2.05, 4.69) is 47.3 Å². The molecule has 142 valence electrons. The summed E-state index contributed by atoms with van der Waals surface area (Å²) in [6.07, 6.45) is 7.13. The SMILES string of the molecule is O=C(O)CCc1ccc(Cn2cccn2)cc1C#CCCCc1ccccc1. The maximum absolute atomic E-state index is 10.9. The zero-order valence-corrected chi connectivity index (χ0v) is 15.8. The average Bonchev–Trinajstić information content (AvgIpc) is 3.21. The molecule has 0 aliphatic carbocycles. The van der Waals surface area contributed by atoms with E-state index in [4.69, 9.17) is 5.11 Å². The molecule has 0 radical (unpaired) electrons. The molecule has 1 N–H and O–H groups in total. The lowest BCUT2D eigenvalue weighted by Gasteiger charge is -2.08. The fourth-order valence-corrected chi connectivity index (χ4v) is 3.06. The molecule has 1 aromatic heterocycles. The number of hydrogen-bond donors (Lipinski definition) is 1. The highest BCUT2D eigenvalue weighted by Gasteiger charge is 2.06. The standard InChI is InChI=1S/C24H24N2O2/c27-24(28)15-14-22-13-12-21(19-26-17-7-16-25-26)18-23(22)11-6-2-5-10-20-8-3-1-4-9-20/h1,3-4,7-9,12-13,16-18H,2,5,10,14-15,19H2,(H,27,28). The number of nitrogens with zero attached hydrogens (tertiary/aromatic N) is 2. The zero-order valence-electron chi connectivity index (χ0n) is 15.8. The number of carboxylic acids is 1. The van der Waals surface area contributed by atoms with Gasteiger partial charge < -0.3 is 5.11 Å². The highest BCUT2D eigenvalue weighted by atomic mass is 16.4. The van der Waals surface area contributed by atoms with Crippen molar-refractivity contribution >= 4 is 5.97 Å². The van der Waals surface area contributed by atoms with Gasteiger partial charge in [0.05, 0.1) is 6.54 Å². The summed E-state index contributed by atoms with van der Waals surface area (Å²) in [6, 6.07) is 18.4. The molecule has 28 heavy (non-hydrogen) atoms. The molecule has 0 aliphatic heterocycles. The minimum atomic E-state index is -0.789. The van der Waals surface area contributed by atoms with Gasteiger partial charge in [-0.05, 0) is 48.1 Å². The molecule has 0 spiro atoms. The molecule has 3 rings (SSSR count). The van der Waals surface area contributed by atoms with E-state index in [9.17, 15) is 4.79 Å². The van der Waals surface area contributed by atoms with Crippen molar-refractivity contribution in [2.24, 2.45) is 0 Å². The third-order valence-corrected chi connectivity index (χ3v) is 4.52. The predicted octanol–water partition coefficient (Wildman–Crippen LogP) is 4.32. The molecule has 3 aromatic rings. The van der Waals surface area contributed by atoms with Gasteiger partial charge in [-0.1, -0.05) is 54.3 Å². The molecule has 0 amide bonds. The van der Waals surface area contributed by atoms with Crippen LogP contribution in [-0.2, 0) is 24.2 Å². The van der Waals surface area contributed by atoms with Crippen molar-refractivity contribution in [3.8, 4) is 11.8 Å². The van der Waals surface area contributed by atoms with E-state index in [1.807, 2.05) is 35.1 Å². The van der Waals surface area contributed by atoms with Gasteiger partial charge in [0, 0.05) is 30.8 Å². The van der Waals surface area contributed by atoms with Crippen LogP contribution in [-0.4, -0.2) is 20.9 Å². The number of aromatic nitrogens is 2. The number of rotatable bonds is 8. The molecule has 0 atom stereocenters. The second kappa shape index (κ2) is 10.1. The molecule has 0 unspecified atom stereocenters. The van der Waals surface area contributed by atoms with Crippen LogP contribution < -0.4 is 0 Å². The van der Waals surface area contributed by atoms with Gasteiger partial charge in [0.2, 0.25) is 0 Å². The molecule has 4 nitrogen and oxygen atoms in total. The van der Waals surface area contributed by atoms with Gasteiger partial charge in [-0.2, -0.15) is 5.10 Å². The topological polar surface area (TPSA) is 55.1 Å². The third kappa shape index (κ3) is 6.14. The summed E-state index contributed by atoms with van der Waals surface area (Å²) in [5.41, 5.74) is 4.34. The fraction of sp³-hybridized carbons (Fsp3) is 0.250. The minimum absolute atomic E-state index is 0.112. The molecule has 0 saturated carbocycles. The van der Waals surface area contributed by atoms with Crippen molar-refractivity contribution in [3.05, 3.63) is 89.2 Å². The Balaban J connectivity index is 1.67. The van der Waals surface area contributed by atoms with Gasteiger partial charge in [-0.25, -0.2) is 0 Å². The predicted molar refractivity (Wildman–Crippen MR) is 110 cm³/mol. The molecular weight excluding hydrogens is 348 g/mol. The molecule has 2 aromatic carbocycles. The lowest BCUT2D eigenvalue weighted by molar-refractivity contribution is -0.136. The van der Waals surface area contributed by atoms with E-state index in [0.29, 0.717) is 13.0 Å². The lowest BCUT2D eigenvalue weighted by Crippen LogP contribution is -2.03. The molecule has 0 saturated heterocycles. The van der Waals surface area contributed by atoms with Crippen LogP contribution in [0.4, 0.5) is 0 Å². The first-order valence-electron chi connectivity index (χ1n) is 9.54. The molecule has 0 fully saturated rings. The Labute approximate surface area is 165 Å². The summed E-state index contributed by atoms with van der Waals surface area (Å²) >= 11 is 0. The summed E-state index contributed by atoms with van der Waals surface area (Å²) < 4.78 is 1.86. The van der Waals surface area contributed by atoms with E-state index in [1.54, 1.807) is 6.20 Å². The van der Waals surface area contributed by atoms with Gasteiger partial charge in [0.15, 0.2) is 0 Å². The van der Waals surface area contributed by atoms with E-state index >= 15 is 0 Å². The van der Waals surface area contributed by atoms with Crippen molar-refractivity contribution in [1.82, 2.24) is 9.78 Å². The van der Waals surface area contributed by atoms with E-state index in [1.165, 1.54) is 5.56 Å². The zero-order chi connectivity index (χ0) is 19.6. The van der Waals surface area contributed by atoms with Gasteiger partial charge >= 0.3 is 5.97 Å². The fourth-order valence-electron chi connectivity index (χ4n) is 3.06. The van der Waals surface area contributed by atoms with Gasteiger partial charge in [-0.3, -0.25) is 9.48 Å². The van der Waals surface area contributed by atoms with E-state index in [0.717, 1.165) is 36.0 Å². The normalized spacial score (nSPS) is 10.3. The maximum Gasteiger partial charge on any atom is 0.303 e. The number of aliphatic carboxylic acids is 1. The molecular formula is C24H24N2O2. The van der Waals surface area contributed by atoms with Crippen molar-refractivity contribution in [1.29, 1.82) is 0 Å². The van der Waals surface area contributed by atoms with Crippen LogP contribution >= 0.6 is 0 Å².